The van der Waals surface area contributed by atoms with Crippen LogP contribution in [0, 0.1) is 0 Å². The second-order valence-electron chi connectivity index (χ2n) is 6.11. The Labute approximate surface area is 166 Å². The third-order valence-electron chi connectivity index (χ3n) is 4.29. The number of nitrogens with zero attached hydrogens (tertiary/aromatic N) is 1. The maximum Gasteiger partial charge on any atom is 0.418 e. The van der Waals surface area contributed by atoms with E-state index in [1.165, 1.54) is 12.1 Å². The molecule has 2 nitrogen and oxygen atoms in total. The smallest absolute Gasteiger partial charge is 0.354 e. The zero-order valence-corrected chi connectivity index (χ0v) is 15.4. The van der Waals surface area contributed by atoms with E-state index >= 15 is 0 Å². The average molecular weight is 401 g/mol. The van der Waals surface area contributed by atoms with Crippen LogP contribution in [0.4, 0.5) is 24.5 Å². The lowest BCUT2D eigenvalue weighted by molar-refractivity contribution is -0.136. The highest BCUT2D eigenvalue weighted by Crippen LogP contribution is 2.37. The van der Waals surface area contributed by atoms with Gasteiger partial charge in [-0.1, -0.05) is 60.7 Å². The fraction of sp³-hybridized carbons (Fsp3) is 0.0455. The van der Waals surface area contributed by atoms with E-state index in [-0.39, 0.29) is 18.1 Å². The summed E-state index contributed by atoms with van der Waals surface area (Å²) in [5.41, 5.74) is 2.20. The standard InChI is InChI=1S/C22H15F3N2.ClH/c23-22(24,25)17-11-5-7-13-19(17)27-21-14-20(15-8-2-1-3-9-15)26-18-12-6-4-10-16(18)21;/h1-14H,(H,26,27);1H. The number of benzene rings is 3. The zero-order chi connectivity index (χ0) is 18.9. The second-order valence-corrected chi connectivity index (χ2v) is 6.11. The van der Waals surface area contributed by atoms with E-state index < -0.39 is 11.7 Å². The molecule has 142 valence electrons. The molecular formula is C22H16ClF3N2. The first-order valence-corrected chi connectivity index (χ1v) is 8.41. The summed E-state index contributed by atoms with van der Waals surface area (Å²) in [4.78, 5) is 4.66. The molecular weight excluding hydrogens is 385 g/mol. The van der Waals surface area contributed by atoms with Crippen LogP contribution in [0.2, 0.25) is 0 Å². The molecule has 4 aromatic rings. The largest absolute Gasteiger partial charge is 0.418 e. The van der Waals surface area contributed by atoms with E-state index in [4.69, 9.17) is 0 Å². The van der Waals surface area contributed by atoms with Gasteiger partial charge in [0, 0.05) is 10.9 Å². The SMILES string of the molecule is Cl.FC(F)(F)c1ccccc1Nc1cc(-c2ccccc2)nc2ccccc12. The van der Waals surface area contributed by atoms with Gasteiger partial charge in [0.25, 0.3) is 0 Å². The van der Waals surface area contributed by atoms with E-state index in [1.807, 2.05) is 54.6 Å². The summed E-state index contributed by atoms with van der Waals surface area (Å²) in [5.74, 6) is 0. The Morgan fingerprint density at radius 2 is 1.36 bits per heavy atom. The normalized spacial score (nSPS) is 11.1. The summed E-state index contributed by atoms with van der Waals surface area (Å²) < 4.78 is 40.1. The molecule has 4 rings (SSSR count). The number of hydrogen-bond acceptors (Lipinski definition) is 2. The van der Waals surface area contributed by atoms with Gasteiger partial charge in [-0.05, 0) is 24.3 Å². The molecule has 0 bridgehead atoms. The summed E-state index contributed by atoms with van der Waals surface area (Å²) in [7, 11) is 0. The molecule has 0 radical (unpaired) electrons. The molecule has 1 aromatic heterocycles. The third kappa shape index (κ3) is 3.94. The Morgan fingerprint density at radius 3 is 2.11 bits per heavy atom. The highest BCUT2D eigenvalue weighted by molar-refractivity contribution is 5.95. The van der Waals surface area contributed by atoms with Crippen LogP contribution < -0.4 is 5.32 Å². The number of nitrogens with one attached hydrogen (secondary N) is 1. The number of para-hydroxylation sites is 2. The van der Waals surface area contributed by atoms with E-state index in [2.05, 4.69) is 10.3 Å². The molecule has 0 aliphatic rings. The Balaban J connectivity index is 0.00000225. The first kappa shape index (κ1) is 19.7. The minimum absolute atomic E-state index is 0. The lowest BCUT2D eigenvalue weighted by Gasteiger charge is -2.16. The molecule has 0 saturated carbocycles. The lowest BCUT2D eigenvalue weighted by atomic mass is 10.1. The van der Waals surface area contributed by atoms with Gasteiger partial charge in [-0.25, -0.2) is 4.98 Å². The number of rotatable bonds is 3. The predicted molar refractivity (Wildman–Crippen MR) is 109 cm³/mol. The first-order valence-electron chi connectivity index (χ1n) is 8.41. The first-order chi connectivity index (χ1) is 13.0. The Bertz CT molecular complexity index is 1100. The van der Waals surface area contributed by atoms with Crippen molar-refractivity contribution in [2.75, 3.05) is 5.32 Å². The number of fused-ring (bicyclic) bond motifs is 1. The fourth-order valence-corrected chi connectivity index (χ4v) is 3.02. The van der Waals surface area contributed by atoms with Crippen molar-refractivity contribution in [3.8, 4) is 11.3 Å². The molecule has 0 spiro atoms. The van der Waals surface area contributed by atoms with Crippen LogP contribution in [0.5, 0.6) is 0 Å². The quantitative estimate of drug-likeness (QED) is 0.397. The van der Waals surface area contributed by atoms with Crippen molar-refractivity contribution in [1.29, 1.82) is 0 Å². The van der Waals surface area contributed by atoms with Crippen LogP contribution in [0.3, 0.4) is 0 Å². The van der Waals surface area contributed by atoms with Gasteiger partial charge in [-0.15, -0.1) is 12.4 Å². The van der Waals surface area contributed by atoms with E-state index in [9.17, 15) is 13.2 Å². The average Bonchev–Trinajstić information content (AvgIpc) is 2.68. The van der Waals surface area contributed by atoms with Gasteiger partial charge >= 0.3 is 6.18 Å². The Kier molecular flexibility index (Phi) is 5.56. The lowest BCUT2D eigenvalue weighted by Crippen LogP contribution is -2.08. The molecule has 0 amide bonds. The summed E-state index contributed by atoms with van der Waals surface area (Å²) in [6.45, 7) is 0. The van der Waals surface area contributed by atoms with Crippen molar-refractivity contribution in [2.45, 2.75) is 6.18 Å². The monoisotopic (exact) mass is 400 g/mol. The summed E-state index contributed by atoms with van der Waals surface area (Å²) >= 11 is 0. The van der Waals surface area contributed by atoms with E-state index in [0.29, 0.717) is 16.9 Å². The molecule has 28 heavy (non-hydrogen) atoms. The summed E-state index contributed by atoms with van der Waals surface area (Å²) in [6, 6.07) is 24.2. The minimum Gasteiger partial charge on any atom is -0.354 e. The number of pyridine rings is 1. The maximum atomic E-state index is 13.4. The van der Waals surface area contributed by atoms with Crippen LogP contribution in [0.15, 0.2) is 84.9 Å². The third-order valence-corrected chi connectivity index (χ3v) is 4.29. The Morgan fingerprint density at radius 1 is 0.714 bits per heavy atom. The van der Waals surface area contributed by atoms with Gasteiger partial charge in [0.2, 0.25) is 0 Å². The molecule has 3 aromatic carbocycles. The van der Waals surface area contributed by atoms with Crippen molar-refractivity contribution in [2.24, 2.45) is 0 Å². The maximum absolute atomic E-state index is 13.4. The number of halogens is 4. The van der Waals surface area contributed by atoms with Gasteiger partial charge in [-0.3, -0.25) is 0 Å². The van der Waals surface area contributed by atoms with Crippen molar-refractivity contribution in [3.05, 3.63) is 90.5 Å². The van der Waals surface area contributed by atoms with Gasteiger partial charge in [-0.2, -0.15) is 13.2 Å². The number of anilines is 2. The molecule has 0 aliphatic carbocycles. The van der Waals surface area contributed by atoms with Gasteiger partial charge < -0.3 is 5.32 Å². The molecule has 0 unspecified atom stereocenters. The summed E-state index contributed by atoms with van der Waals surface area (Å²) in [5, 5.41) is 3.73. The molecule has 6 heteroatoms. The molecule has 0 saturated heterocycles. The highest BCUT2D eigenvalue weighted by atomic mass is 35.5. The van der Waals surface area contributed by atoms with Crippen molar-refractivity contribution >= 4 is 34.7 Å². The zero-order valence-electron chi connectivity index (χ0n) is 14.6. The molecule has 0 aliphatic heterocycles. The Hall–Kier alpha value is -3.05. The van der Waals surface area contributed by atoms with E-state index in [1.54, 1.807) is 12.1 Å². The second kappa shape index (κ2) is 7.90. The van der Waals surface area contributed by atoms with Gasteiger partial charge in [0.1, 0.15) is 0 Å². The van der Waals surface area contributed by atoms with Gasteiger partial charge in [0.15, 0.2) is 0 Å². The topological polar surface area (TPSA) is 24.9 Å². The van der Waals surface area contributed by atoms with Crippen LogP contribution in [-0.4, -0.2) is 4.98 Å². The van der Waals surface area contributed by atoms with Crippen molar-refractivity contribution < 1.29 is 13.2 Å². The molecule has 0 atom stereocenters. The van der Waals surface area contributed by atoms with Crippen LogP contribution in [0.1, 0.15) is 5.56 Å². The molecule has 1 N–H and O–H groups in total. The van der Waals surface area contributed by atoms with Crippen LogP contribution >= 0.6 is 12.4 Å². The van der Waals surface area contributed by atoms with Crippen LogP contribution in [-0.2, 0) is 6.18 Å². The van der Waals surface area contributed by atoms with Crippen molar-refractivity contribution in [1.82, 2.24) is 4.98 Å². The number of alkyl halides is 3. The number of hydrogen-bond donors (Lipinski definition) is 1. The predicted octanol–water partition coefficient (Wildman–Crippen LogP) is 7.09. The van der Waals surface area contributed by atoms with Crippen molar-refractivity contribution in [3.63, 3.8) is 0 Å². The number of aromatic nitrogens is 1. The van der Waals surface area contributed by atoms with Gasteiger partial charge in [0.05, 0.1) is 28.1 Å². The van der Waals surface area contributed by atoms with Crippen LogP contribution in [0.25, 0.3) is 22.2 Å². The molecule has 0 fully saturated rings. The minimum atomic E-state index is -4.44. The fourth-order valence-electron chi connectivity index (χ4n) is 3.02. The molecule has 1 heterocycles. The highest BCUT2D eigenvalue weighted by Gasteiger charge is 2.33. The van der Waals surface area contributed by atoms with E-state index in [0.717, 1.165) is 17.0 Å². The summed E-state index contributed by atoms with van der Waals surface area (Å²) in [6.07, 6.45) is -4.44.